The van der Waals surface area contributed by atoms with E-state index in [9.17, 15) is 14.0 Å². The van der Waals surface area contributed by atoms with Crippen LogP contribution in [0.2, 0.25) is 0 Å². The van der Waals surface area contributed by atoms with Crippen molar-refractivity contribution in [2.75, 3.05) is 26.2 Å². The number of amides is 1. The first-order valence-corrected chi connectivity index (χ1v) is 8.87. The van der Waals surface area contributed by atoms with Gasteiger partial charge in [0.25, 0.3) is 11.5 Å². The van der Waals surface area contributed by atoms with E-state index in [0.717, 1.165) is 5.39 Å². The Morgan fingerprint density at radius 1 is 1.15 bits per heavy atom. The van der Waals surface area contributed by atoms with Crippen LogP contribution in [0.15, 0.2) is 53.5 Å². The fraction of sp³-hybridized carbons (Fsp3) is 0.250. The molecule has 0 unspecified atom stereocenters. The van der Waals surface area contributed by atoms with E-state index in [2.05, 4.69) is 10.4 Å². The van der Waals surface area contributed by atoms with E-state index in [1.165, 1.54) is 16.8 Å². The van der Waals surface area contributed by atoms with Gasteiger partial charge in [0.2, 0.25) is 0 Å². The molecule has 1 aromatic heterocycles. The van der Waals surface area contributed by atoms with Gasteiger partial charge < -0.3 is 10.2 Å². The first-order chi connectivity index (χ1) is 13.1. The molecule has 1 amide bonds. The molecule has 3 aromatic rings. The lowest BCUT2D eigenvalue weighted by atomic mass is 10.1. The smallest absolute Gasteiger partial charge is 0.274 e. The minimum Gasteiger partial charge on any atom is -0.336 e. The first kappa shape index (κ1) is 17.4. The number of fused-ring (bicyclic) bond motifs is 1. The van der Waals surface area contributed by atoms with Crippen molar-refractivity contribution in [2.24, 2.45) is 0 Å². The van der Waals surface area contributed by atoms with E-state index in [1.54, 1.807) is 29.3 Å². The minimum atomic E-state index is -0.555. The Morgan fingerprint density at radius 2 is 1.93 bits per heavy atom. The van der Waals surface area contributed by atoms with Crippen molar-refractivity contribution in [1.29, 1.82) is 0 Å². The van der Waals surface area contributed by atoms with Crippen LogP contribution in [-0.4, -0.2) is 46.8 Å². The number of halogens is 1. The van der Waals surface area contributed by atoms with Gasteiger partial charge >= 0.3 is 0 Å². The second kappa shape index (κ2) is 7.28. The second-order valence-electron chi connectivity index (χ2n) is 6.55. The Morgan fingerprint density at radius 3 is 2.74 bits per heavy atom. The molecule has 2 aromatic carbocycles. The number of nitrogens with one attached hydrogen (secondary N) is 1. The summed E-state index contributed by atoms with van der Waals surface area (Å²) in [4.78, 5) is 26.9. The van der Waals surface area contributed by atoms with Crippen molar-refractivity contribution in [3.05, 3.63) is 76.0 Å². The molecule has 2 heterocycles. The zero-order valence-corrected chi connectivity index (χ0v) is 14.7. The first-order valence-electron chi connectivity index (χ1n) is 8.87. The molecular formula is C20H19FN4O2. The van der Waals surface area contributed by atoms with Crippen LogP contribution in [0.25, 0.3) is 10.8 Å². The predicted octanol–water partition coefficient (Wildman–Crippen LogP) is 1.63. The molecule has 0 bridgehead atoms. The van der Waals surface area contributed by atoms with E-state index < -0.39 is 5.82 Å². The average Bonchev–Trinajstić information content (AvgIpc) is 2.72. The molecule has 0 radical (unpaired) electrons. The summed E-state index contributed by atoms with van der Waals surface area (Å²) in [5.74, 6) is -0.879. The molecule has 1 N–H and O–H groups in total. The van der Waals surface area contributed by atoms with Crippen LogP contribution in [0.1, 0.15) is 15.9 Å². The normalized spacial score (nSPS) is 14.5. The standard InChI is InChI=1S/C20H19FN4O2/c21-18-6-5-14(11-17(18)19(26)24-9-7-22-8-10-24)13-25-20(27)16-4-2-1-3-15(16)12-23-25/h1-6,11-12,22H,7-10,13H2. The van der Waals surface area contributed by atoms with E-state index >= 15 is 0 Å². The highest BCUT2D eigenvalue weighted by Gasteiger charge is 2.21. The van der Waals surface area contributed by atoms with Crippen molar-refractivity contribution < 1.29 is 9.18 Å². The molecule has 7 heteroatoms. The molecule has 0 spiro atoms. The molecule has 27 heavy (non-hydrogen) atoms. The molecule has 4 rings (SSSR count). The molecule has 6 nitrogen and oxygen atoms in total. The van der Waals surface area contributed by atoms with Gasteiger partial charge in [-0.25, -0.2) is 9.07 Å². The molecule has 1 fully saturated rings. The summed E-state index contributed by atoms with van der Waals surface area (Å²) < 4.78 is 15.6. The van der Waals surface area contributed by atoms with Gasteiger partial charge in [0.1, 0.15) is 5.82 Å². The van der Waals surface area contributed by atoms with Gasteiger partial charge in [-0.2, -0.15) is 5.10 Å². The van der Waals surface area contributed by atoms with Crippen LogP contribution in [0.3, 0.4) is 0 Å². The van der Waals surface area contributed by atoms with Crippen LogP contribution in [-0.2, 0) is 6.54 Å². The third-order valence-electron chi connectivity index (χ3n) is 4.76. The highest BCUT2D eigenvalue weighted by molar-refractivity contribution is 5.94. The Kier molecular flexibility index (Phi) is 4.68. The number of carbonyl (C=O) groups excluding carboxylic acids is 1. The maximum absolute atomic E-state index is 14.3. The van der Waals surface area contributed by atoms with Gasteiger partial charge in [-0.3, -0.25) is 9.59 Å². The molecule has 0 atom stereocenters. The van der Waals surface area contributed by atoms with E-state index in [1.807, 2.05) is 12.1 Å². The third kappa shape index (κ3) is 3.46. The topological polar surface area (TPSA) is 67.2 Å². The number of carbonyl (C=O) groups is 1. The Bertz CT molecular complexity index is 1060. The highest BCUT2D eigenvalue weighted by atomic mass is 19.1. The van der Waals surface area contributed by atoms with Crippen molar-refractivity contribution in [3.63, 3.8) is 0 Å². The summed E-state index contributed by atoms with van der Waals surface area (Å²) in [5.41, 5.74) is 0.468. The number of benzene rings is 2. The largest absolute Gasteiger partial charge is 0.336 e. The van der Waals surface area contributed by atoms with Crippen molar-refractivity contribution >= 4 is 16.7 Å². The predicted molar refractivity (Wildman–Crippen MR) is 100 cm³/mol. The number of piperazine rings is 1. The SMILES string of the molecule is O=C(c1cc(Cn2ncc3ccccc3c2=O)ccc1F)N1CCNCC1. The van der Waals surface area contributed by atoms with Gasteiger partial charge in [0.05, 0.1) is 23.7 Å². The number of rotatable bonds is 3. The molecule has 138 valence electrons. The number of hydrogen-bond acceptors (Lipinski definition) is 4. The third-order valence-corrected chi connectivity index (χ3v) is 4.76. The quantitative estimate of drug-likeness (QED) is 0.765. The number of aromatic nitrogens is 2. The Labute approximate surface area is 155 Å². The summed E-state index contributed by atoms with van der Waals surface area (Å²) in [5, 5.41) is 8.71. The maximum atomic E-state index is 14.3. The zero-order valence-electron chi connectivity index (χ0n) is 14.7. The second-order valence-corrected chi connectivity index (χ2v) is 6.55. The minimum absolute atomic E-state index is 0.0308. The molecular weight excluding hydrogens is 347 g/mol. The summed E-state index contributed by atoms with van der Waals surface area (Å²) in [7, 11) is 0. The van der Waals surface area contributed by atoms with Gasteiger partial charge in [0, 0.05) is 31.6 Å². The van der Waals surface area contributed by atoms with Gasteiger partial charge in [-0.1, -0.05) is 24.3 Å². The average molecular weight is 366 g/mol. The molecule has 1 aliphatic heterocycles. The Hall–Kier alpha value is -3.06. The fourth-order valence-electron chi connectivity index (χ4n) is 3.29. The summed E-state index contributed by atoms with van der Waals surface area (Å²) in [6.45, 7) is 2.67. The molecule has 1 aliphatic rings. The van der Waals surface area contributed by atoms with E-state index in [4.69, 9.17) is 0 Å². The zero-order chi connectivity index (χ0) is 18.8. The molecule has 0 aliphatic carbocycles. The highest BCUT2D eigenvalue weighted by Crippen LogP contribution is 2.15. The molecule has 1 saturated heterocycles. The Balaban J connectivity index is 1.64. The maximum Gasteiger partial charge on any atom is 0.274 e. The van der Waals surface area contributed by atoms with Gasteiger partial charge in [0.15, 0.2) is 0 Å². The van der Waals surface area contributed by atoms with Crippen LogP contribution in [0.4, 0.5) is 4.39 Å². The van der Waals surface area contributed by atoms with Crippen LogP contribution in [0, 0.1) is 5.82 Å². The van der Waals surface area contributed by atoms with Crippen molar-refractivity contribution in [1.82, 2.24) is 20.0 Å². The van der Waals surface area contributed by atoms with Crippen LogP contribution in [0.5, 0.6) is 0 Å². The summed E-state index contributed by atoms with van der Waals surface area (Å²) >= 11 is 0. The summed E-state index contributed by atoms with van der Waals surface area (Å²) in [6, 6.07) is 11.6. The van der Waals surface area contributed by atoms with Gasteiger partial charge in [-0.05, 0) is 23.8 Å². The van der Waals surface area contributed by atoms with Crippen molar-refractivity contribution in [3.8, 4) is 0 Å². The monoisotopic (exact) mass is 366 g/mol. The number of hydrogen-bond donors (Lipinski definition) is 1. The van der Waals surface area contributed by atoms with Crippen molar-refractivity contribution in [2.45, 2.75) is 6.54 Å². The van der Waals surface area contributed by atoms with Crippen LogP contribution < -0.4 is 10.9 Å². The fourth-order valence-corrected chi connectivity index (χ4v) is 3.29. The van der Waals surface area contributed by atoms with E-state index in [0.29, 0.717) is 37.1 Å². The lowest BCUT2D eigenvalue weighted by Crippen LogP contribution is -2.46. The lowest BCUT2D eigenvalue weighted by Gasteiger charge is -2.27. The summed E-state index contributed by atoms with van der Waals surface area (Å²) in [6.07, 6.45) is 1.63. The van der Waals surface area contributed by atoms with Gasteiger partial charge in [-0.15, -0.1) is 0 Å². The van der Waals surface area contributed by atoms with Crippen LogP contribution >= 0.6 is 0 Å². The lowest BCUT2D eigenvalue weighted by molar-refractivity contribution is 0.0731. The number of nitrogens with zero attached hydrogens (tertiary/aromatic N) is 3. The molecule has 0 saturated carbocycles. The van der Waals surface area contributed by atoms with E-state index in [-0.39, 0.29) is 23.6 Å².